The van der Waals surface area contributed by atoms with Crippen molar-refractivity contribution >= 4 is 17.7 Å². The number of allylic oxidation sites excluding steroid dienone is 1. The van der Waals surface area contributed by atoms with E-state index in [9.17, 15) is 29.7 Å². The molecule has 8 atom stereocenters. The van der Waals surface area contributed by atoms with Gasteiger partial charge in [0, 0.05) is 30.1 Å². The number of aromatic nitrogens is 1. The van der Waals surface area contributed by atoms with Gasteiger partial charge in [-0.05, 0) is 43.3 Å². The molecule has 42 heavy (non-hydrogen) atoms. The van der Waals surface area contributed by atoms with Gasteiger partial charge in [-0.1, -0.05) is 58.9 Å². The normalized spacial score (nSPS) is 38.0. The van der Waals surface area contributed by atoms with Crippen LogP contribution < -0.4 is 0 Å². The molecule has 10 heteroatoms. The molecular formula is C32H43NO9. The lowest BCUT2D eigenvalue weighted by atomic mass is 9.59. The van der Waals surface area contributed by atoms with E-state index in [1.54, 1.807) is 26.0 Å². The lowest BCUT2D eigenvalue weighted by Crippen LogP contribution is -2.65. The van der Waals surface area contributed by atoms with Crippen molar-refractivity contribution in [3.63, 3.8) is 0 Å². The molecule has 0 aromatic carbocycles. The Bertz CT molecular complexity index is 1350. The first kappa shape index (κ1) is 30.6. The van der Waals surface area contributed by atoms with E-state index in [0.29, 0.717) is 36.3 Å². The zero-order valence-electron chi connectivity index (χ0n) is 25.5. The SMILES string of the molecule is CCCC(=O)O[C@@]12C[C@@H](C)[C@]34C=C(C)[C@H](O)[C@@]3(O)[C@H](O)C(COC(=O)c3c(CC)noc3CC)=C[C@H](C4=O)[C@@H]1C2(C)C. The van der Waals surface area contributed by atoms with Gasteiger partial charge in [0.1, 0.15) is 35.6 Å². The maximum absolute atomic E-state index is 14.7. The van der Waals surface area contributed by atoms with Gasteiger partial charge in [-0.3, -0.25) is 9.59 Å². The third kappa shape index (κ3) is 3.80. The van der Waals surface area contributed by atoms with Crippen molar-refractivity contribution in [3.8, 4) is 0 Å². The Labute approximate surface area is 246 Å². The zero-order chi connectivity index (χ0) is 31.0. The van der Waals surface area contributed by atoms with E-state index < -0.39 is 64.6 Å². The van der Waals surface area contributed by atoms with Gasteiger partial charge in [0.25, 0.3) is 0 Å². The molecule has 10 nitrogen and oxygen atoms in total. The van der Waals surface area contributed by atoms with E-state index in [2.05, 4.69) is 5.16 Å². The number of aliphatic hydroxyl groups is 3. The van der Waals surface area contributed by atoms with E-state index >= 15 is 0 Å². The molecule has 2 fully saturated rings. The second-order valence-electron chi connectivity index (χ2n) is 13.1. The fraction of sp³-hybridized carbons (Fsp3) is 0.688. The summed E-state index contributed by atoms with van der Waals surface area (Å²) >= 11 is 0. The van der Waals surface area contributed by atoms with Crippen LogP contribution in [0.15, 0.2) is 27.8 Å². The van der Waals surface area contributed by atoms with Crippen LogP contribution in [0.5, 0.6) is 0 Å². The molecule has 4 aliphatic rings. The molecule has 230 valence electrons. The number of ketones is 1. The number of nitrogens with zero attached hydrogens (tertiary/aromatic N) is 1. The molecule has 0 saturated heterocycles. The molecule has 0 amide bonds. The van der Waals surface area contributed by atoms with Crippen LogP contribution in [0.4, 0.5) is 0 Å². The third-order valence-electron chi connectivity index (χ3n) is 10.7. The van der Waals surface area contributed by atoms with Crippen molar-refractivity contribution in [1.29, 1.82) is 0 Å². The van der Waals surface area contributed by atoms with Crippen molar-refractivity contribution in [3.05, 3.63) is 40.3 Å². The lowest BCUT2D eigenvalue weighted by molar-refractivity contribution is -0.191. The van der Waals surface area contributed by atoms with Crippen LogP contribution in [0.3, 0.4) is 0 Å². The molecular weight excluding hydrogens is 542 g/mol. The molecule has 4 aliphatic carbocycles. The van der Waals surface area contributed by atoms with E-state index in [1.807, 2.05) is 34.6 Å². The van der Waals surface area contributed by atoms with Crippen LogP contribution in [0.25, 0.3) is 0 Å². The smallest absolute Gasteiger partial charge is 0.344 e. The van der Waals surface area contributed by atoms with Crippen LogP contribution in [-0.4, -0.2) is 68.2 Å². The predicted molar refractivity (Wildman–Crippen MR) is 150 cm³/mol. The highest BCUT2D eigenvalue weighted by molar-refractivity contribution is 5.96. The monoisotopic (exact) mass is 585 g/mol. The van der Waals surface area contributed by atoms with Crippen LogP contribution in [0.2, 0.25) is 0 Å². The molecule has 1 aromatic rings. The van der Waals surface area contributed by atoms with E-state index in [1.165, 1.54) is 0 Å². The summed E-state index contributed by atoms with van der Waals surface area (Å²) in [5.41, 5.74) is -4.40. The van der Waals surface area contributed by atoms with Gasteiger partial charge in [0.2, 0.25) is 0 Å². The molecule has 2 saturated carbocycles. The summed E-state index contributed by atoms with van der Waals surface area (Å²) in [7, 11) is 0. The average molecular weight is 586 g/mol. The minimum atomic E-state index is -2.32. The van der Waals surface area contributed by atoms with Gasteiger partial charge < -0.3 is 29.3 Å². The van der Waals surface area contributed by atoms with Crippen LogP contribution >= 0.6 is 0 Å². The molecule has 5 rings (SSSR count). The standard InChI is InChI=1S/C32H43NO9/c1-8-11-22(34)41-31-14-17(5)30-13-16(4)25(35)32(30,39)26(36)18(12-19(27(30)37)24(31)29(31,6)7)15-40-28(38)23-20(9-2)33-42-21(23)10-3/h12-13,17,19,24-26,35-36,39H,8-11,14-15H2,1-7H3/t17-,19+,24-,25+,26-,30+,31+,32-/m1/s1. The maximum atomic E-state index is 14.7. The van der Waals surface area contributed by atoms with Crippen LogP contribution in [0, 0.1) is 28.6 Å². The summed E-state index contributed by atoms with van der Waals surface area (Å²) < 4.78 is 17.2. The molecule has 1 spiro atoms. The predicted octanol–water partition coefficient (Wildman–Crippen LogP) is 3.26. The number of esters is 2. The Morgan fingerprint density at radius 2 is 1.83 bits per heavy atom. The quantitative estimate of drug-likeness (QED) is 0.306. The first-order chi connectivity index (χ1) is 19.7. The number of fused-ring (bicyclic) bond motifs is 3. The average Bonchev–Trinajstić information content (AvgIpc) is 3.19. The Kier molecular flexibility index (Phi) is 7.39. The second-order valence-corrected chi connectivity index (χ2v) is 13.1. The molecule has 1 heterocycles. The molecule has 0 aliphatic heterocycles. The maximum Gasteiger partial charge on any atom is 0.344 e. The van der Waals surface area contributed by atoms with E-state index in [-0.39, 0.29) is 35.7 Å². The number of carbonyl (C=O) groups is 3. The van der Waals surface area contributed by atoms with Gasteiger partial charge >= 0.3 is 11.9 Å². The first-order valence-electron chi connectivity index (χ1n) is 15.1. The largest absolute Gasteiger partial charge is 0.458 e. The number of rotatable bonds is 8. The fourth-order valence-corrected chi connectivity index (χ4v) is 8.47. The fourth-order valence-electron chi connectivity index (χ4n) is 8.47. The number of Topliss-reactive ketones (excluding diaryl/α,β-unsaturated/α-hetero) is 1. The second kappa shape index (κ2) is 10.1. The van der Waals surface area contributed by atoms with E-state index in [0.717, 1.165) is 0 Å². The highest BCUT2D eigenvalue weighted by Gasteiger charge is 2.83. The number of ether oxygens (including phenoxy) is 2. The zero-order valence-corrected chi connectivity index (χ0v) is 25.5. The van der Waals surface area contributed by atoms with Gasteiger partial charge in [0.15, 0.2) is 11.5 Å². The summed E-state index contributed by atoms with van der Waals surface area (Å²) in [5, 5.41) is 39.5. The third-order valence-corrected chi connectivity index (χ3v) is 10.7. The van der Waals surface area contributed by atoms with Crippen molar-refractivity contribution in [2.75, 3.05) is 6.61 Å². The molecule has 3 N–H and O–H groups in total. The van der Waals surface area contributed by atoms with Crippen molar-refractivity contribution in [2.45, 2.75) is 104 Å². The van der Waals surface area contributed by atoms with Gasteiger partial charge in [0.05, 0.1) is 11.1 Å². The molecule has 2 bridgehead atoms. The van der Waals surface area contributed by atoms with Gasteiger partial charge in [-0.2, -0.15) is 0 Å². The van der Waals surface area contributed by atoms with Crippen molar-refractivity contribution in [2.24, 2.45) is 28.6 Å². The van der Waals surface area contributed by atoms with Crippen LogP contribution in [-0.2, 0) is 31.9 Å². The van der Waals surface area contributed by atoms with E-state index in [4.69, 9.17) is 14.0 Å². The highest BCUT2D eigenvalue weighted by Crippen LogP contribution is 2.75. The van der Waals surface area contributed by atoms with Gasteiger partial charge in [-0.25, -0.2) is 4.79 Å². The number of hydrogen-bond donors (Lipinski definition) is 3. The summed E-state index contributed by atoms with van der Waals surface area (Å²) in [4.78, 5) is 40.8. The number of hydrogen-bond acceptors (Lipinski definition) is 10. The van der Waals surface area contributed by atoms with Crippen LogP contribution in [0.1, 0.15) is 89.5 Å². The first-order valence-corrected chi connectivity index (χ1v) is 15.1. The Morgan fingerprint density at radius 3 is 2.45 bits per heavy atom. The summed E-state index contributed by atoms with van der Waals surface area (Å²) in [5.74, 6) is -2.93. The Morgan fingerprint density at radius 1 is 1.14 bits per heavy atom. The lowest BCUT2D eigenvalue weighted by Gasteiger charge is -2.48. The highest BCUT2D eigenvalue weighted by atomic mass is 16.6. The summed E-state index contributed by atoms with van der Waals surface area (Å²) in [6.45, 7) is 12.5. The Balaban J connectivity index is 1.60. The summed E-state index contributed by atoms with van der Waals surface area (Å²) in [6.07, 6.45) is 1.90. The topological polar surface area (TPSA) is 156 Å². The molecule has 0 unspecified atom stereocenters. The van der Waals surface area contributed by atoms with Crippen molar-refractivity contribution < 1.29 is 43.7 Å². The number of carbonyl (C=O) groups excluding carboxylic acids is 3. The number of aliphatic hydroxyl groups excluding tert-OH is 2. The number of aryl methyl sites for hydroxylation is 2. The minimum Gasteiger partial charge on any atom is -0.458 e. The molecule has 0 radical (unpaired) electrons. The van der Waals surface area contributed by atoms with Gasteiger partial charge in [-0.15, -0.1) is 0 Å². The Hall–Kier alpha value is -2.82. The van der Waals surface area contributed by atoms with Crippen molar-refractivity contribution in [1.82, 2.24) is 5.16 Å². The summed E-state index contributed by atoms with van der Waals surface area (Å²) in [6, 6.07) is 0. The minimum absolute atomic E-state index is 0.103. The molecule has 1 aromatic heterocycles.